The SMILES string of the molecule is CC(C)c1cccc(C(C)C)c1N1C=CN(c2cccc(N3C=CN(c4c(C(C)C)cccc4C(C)C)[CH-]3)n2)[CH-]1.[CoH+2]. The van der Waals surface area contributed by atoms with Crippen molar-refractivity contribution >= 4 is 23.0 Å². The van der Waals surface area contributed by atoms with Crippen molar-refractivity contribution in [2.75, 3.05) is 19.6 Å². The van der Waals surface area contributed by atoms with E-state index in [1.807, 2.05) is 0 Å². The van der Waals surface area contributed by atoms with Crippen LogP contribution in [0.4, 0.5) is 23.0 Å². The van der Waals surface area contributed by atoms with Gasteiger partial charge < -0.3 is 19.6 Å². The number of benzene rings is 2. The third-order valence-electron chi connectivity index (χ3n) is 7.72. The van der Waals surface area contributed by atoms with E-state index in [1.54, 1.807) is 0 Å². The summed E-state index contributed by atoms with van der Waals surface area (Å²) in [5.41, 5.74) is 7.98. The van der Waals surface area contributed by atoms with Crippen molar-refractivity contribution in [3.05, 3.63) is 115 Å². The molecule has 0 saturated carbocycles. The minimum absolute atomic E-state index is 0. The van der Waals surface area contributed by atoms with Gasteiger partial charge in [0.25, 0.3) is 0 Å². The monoisotopic (exact) mass is 593 g/mol. The van der Waals surface area contributed by atoms with Crippen LogP contribution in [0.5, 0.6) is 0 Å². The molecule has 2 aromatic carbocycles. The van der Waals surface area contributed by atoms with Crippen LogP contribution in [0.3, 0.4) is 0 Å². The second-order valence-corrected chi connectivity index (χ2v) is 12.0. The van der Waals surface area contributed by atoms with Gasteiger partial charge in [0.15, 0.2) is 0 Å². The van der Waals surface area contributed by atoms with Crippen molar-refractivity contribution in [3.63, 3.8) is 0 Å². The van der Waals surface area contributed by atoms with Gasteiger partial charge in [0, 0.05) is 11.4 Å². The van der Waals surface area contributed by atoms with E-state index in [0.29, 0.717) is 23.7 Å². The molecule has 0 N–H and O–H groups in total. The van der Waals surface area contributed by atoms with Gasteiger partial charge in [0.05, 0.1) is 0 Å². The molecule has 1 radical (unpaired) electrons. The van der Waals surface area contributed by atoms with Gasteiger partial charge >= 0.3 is 16.8 Å². The molecule has 5 nitrogen and oxygen atoms in total. The fraction of sp³-hybridized carbons (Fsp3) is 0.343. The molecule has 3 heterocycles. The van der Waals surface area contributed by atoms with Crippen LogP contribution in [-0.4, -0.2) is 4.98 Å². The van der Waals surface area contributed by atoms with E-state index < -0.39 is 0 Å². The van der Waals surface area contributed by atoms with Crippen molar-refractivity contribution in [3.8, 4) is 0 Å². The predicted octanol–water partition coefficient (Wildman–Crippen LogP) is 9.14. The molecule has 0 spiro atoms. The van der Waals surface area contributed by atoms with Crippen LogP contribution in [0.15, 0.2) is 79.4 Å². The van der Waals surface area contributed by atoms with Crippen LogP contribution in [0.25, 0.3) is 0 Å². The first-order valence-corrected chi connectivity index (χ1v) is 14.6. The van der Waals surface area contributed by atoms with E-state index in [0.717, 1.165) is 11.6 Å². The minimum atomic E-state index is 0. The topological polar surface area (TPSA) is 25.9 Å². The molecular weight excluding hydrogens is 549 g/mol. The Morgan fingerprint density at radius 1 is 0.463 bits per heavy atom. The quantitative estimate of drug-likeness (QED) is 0.243. The Labute approximate surface area is 257 Å². The Kier molecular flexibility index (Phi) is 9.55. The second kappa shape index (κ2) is 12.7. The summed E-state index contributed by atoms with van der Waals surface area (Å²) >= 11 is 0. The molecule has 2 aliphatic rings. The summed E-state index contributed by atoms with van der Waals surface area (Å²) in [6.07, 6.45) is 8.47. The third-order valence-corrected chi connectivity index (χ3v) is 7.72. The second-order valence-electron chi connectivity index (χ2n) is 12.0. The zero-order chi connectivity index (χ0) is 28.6. The molecule has 0 unspecified atom stereocenters. The first kappa shape index (κ1) is 30.7. The molecule has 0 fully saturated rings. The van der Waals surface area contributed by atoms with E-state index in [-0.39, 0.29) is 16.8 Å². The maximum absolute atomic E-state index is 5.06. The van der Waals surface area contributed by atoms with E-state index in [4.69, 9.17) is 4.98 Å². The van der Waals surface area contributed by atoms with Gasteiger partial charge in [-0.05, 0) is 82.9 Å². The fourth-order valence-electron chi connectivity index (χ4n) is 5.56. The van der Waals surface area contributed by atoms with Crippen LogP contribution < -0.4 is 19.6 Å². The fourth-order valence-corrected chi connectivity index (χ4v) is 5.56. The molecule has 41 heavy (non-hydrogen) atoms. The summed E-state index contributed by atoms with van der Waals surface area (Å²) in [6, 6.07) is 19.6. The maximum atomic E-state index is 5.06. The van der Waals surface area contributed by atoms with Gasteiger partial charge in [0.1, 0.15) is 11.6 Å². The van der Waals surface area contributed by atoms with E-state index in [2.05, 4.69) is 168 Å². The van der Waals surface area contributed by atoms with Crippen molar-refractivity contribution in [2.24, 2.45) is 0 Å². The summed E-state index contributed by atoms with van der Waals surface area (Å²) in [5, 5.41) is 0. The molecule has 2 aliphatic heterocycles. The molecule has 0 amide bonds. The molecular formula is C35H44CoN5. The summed E-state index contributed by atoms with van der Waals surface area (Å²) in [4.78, 5) is 13.8. The van der Waals surface area contributed by atoms with Gasteiger partial charge in [-0.2, -0.15) is 0 Å². The van der Waals surface area contributed by atoms with Crippen molar-refractivity contribution in [1.29, 1.82) is 0 Å². The number of aromatic nitrogens is 1. The van der Waals surface area contributed by atoms with Crippen molar-refractivity contribution in [2.45, 2.75) is 79.1 Å². The summed E-state index contributed by atoms with van der Waals surface area (Å²) in [5.74, 6) is 3.50. The van der Waals surface area contributed by atoms with Crippen LogP contribution in [0.1, 0.15) is 101 Å². The first-order chi connectivity index (χ1) is 19.2. The van der Waals surface area contributed by atoms with Gasteiger partial charge in [-0.3, -0.25) is 0 Å². The average molecular weight is 594 g/mol. The molecule has 5 rings (SSSR count). The zero-order valence-corrected chi connectivity index (χ0v) is 26.7. The zero-order valence-electron chi connectivity index (χ0n) is 25.6. The van der Waals surface area contributed by atoms with Gasteiger partial charge in [-0.15, -0.1) is 13.3 Å². The number of rotatable bonds is 8. The molecule has 6 heteroatoms. The Morgan fingerprint density at radius 2 is 0.756 bits per heavy atom. The number of hydrogen-bond donors (Lipinski definition) is 0. The molecule has 218 valence electrons. The Balaban J connectivity index is 0.00000387. The normalized spacial score (nSPS) is 14.9. The molecule has 0 bridgehead atoms. The van der Waals surface area contributed by atoms with Crippen LogP contribution in [0, 0.1) is 13.3 Å². The Morgan fingerprint density at radius 3 is 1.07 bits per heavy atom. The molecule has 0 atom stereocenters. The number of para-hydroxylation sites is 2. The van der Waals surface area contributed by atoms with Crippen LogP contribution >= 0.6 is 0 Å². The van der Waals surface area contributed by atoms with Crippen LogP contribution in [-0.2, 0) is 16.8 Å². The average Bonchev–Trinajstić information content (AvgIpc) is 3.63. The third kappa shape index (κ3) is 6.19. The molecule has 0 aliphatic carbocycles. The van der Waals surface area contributed by atoms with E-state index in [9.17, 15) is 0 Å². The predicted molar refractivity (Wildman–Crippen MR) is 172 cm³/mol. The molecule has 0 saturated heterocycles. The van der Waals surface area contributed by atoms with Crippen LogP contribution in [0.2, 0.25) is 0 Å². The Hall–Kier alpha value is -3.22. The first-order valence-electron chi connectivity index (χ1n) is 14.6. The number of hydrogen-bond acceptors (Lipinski definition) is 5. The number of pyridine rings is 1. The summed E-state index contributed by atoms with van der Waals surface area (Å²) in [6.45, 7) is 22.4. The van der Waals surface area contributed by atoms with Gasteiger partial charge in [-0.25, -0.2) is 4.98 Å². The van der Waals surface area contributed by atoms with Crippen molar-refractivity contribution in [1.82, 2.24) is 4.98 Å². The summed E-state index contributed by atoms with van der Waals surface area (Å²) in [7, 11) is 0. The number of nitrogens with zero attached hydrogens (tertiary/aromatic N) is 5. The van der Waals surface area contributed by atoms with Crippen molar-refractivity contribution < 1.29 is 16.8 Å². The van der Waals surface area contributed by atoms with E-state index in [1.165, 1.54) is 33.6 Å². The van der Waals surface area contributed by atoms with E-state index >= 15 is 0 Å². The summed E-state index contributed by atoms with van der Waals surface area (Å²) < 4.78 is 0. The molecule has 1 aromatic heterocycles. The Bertz CT molecular complexity index is 1250. The van der Waals surface area contributed by atoms with Gasteiger partial charge in [-0.1, -0.05) is 97.9 Å². The standard InChI is InChI=1S/C35H43N5.Co.H/c1-24(2)28-12-9-13-29(25(3)4)34(28)39-20-18-37(22-39)32-16-11-17-33(36-32)38-19-21-40(23-38)35-30(26(5)6)14-10-15-31(35)27(7)8;;/h9-27H,1-8H3;;/q-2;+2;. The number of anilines is 4. The van der Waals surface area contributed by atoms with Gasteiger partial charge in [0.2, 0.25) is 0 Å². The molecule has 3 aromatic rings.